The quantitative estimate of drug-likeness (QED) is 0.303. The molecule has 0 N–H and O–H groups in total. The summed E-state index contributed by atoms with van der Waals surface area (Å²) >= 11 is 0. The van der Waals surface area contributed by atoms with Gasteiger partial charge in [0.15, 0.2) is 0 Å². The molecule has 0 unspecified atom stereocenters. The number of sulfonamides is 1. The molecule has 1 aliphatic heterocycles. The Morgan fingerprint density at radius 3 is 2.36 bits per heavy atom. The molecule has 5 rings (SSSR count). The number of amides is 1. The summed E-state index contributed by atoms with van der Waals surface area (Å²) in [5.41, 5.74) is 3.39. The Morgan fingerprint density at radius 1 is 0.972 bits per heavy atom. The van der Waals surface area contributed by atoms with E-state index in [1.807, 2.05) is 41.0 Å². The second-order valence-electron chi connectivity index (χ2n) is 8.55. The minimum Gasteiger partial charge on any atom is -0.336 e. The molecule has 1 saturated heterocycles. The highest BCUT2D eigenvalue weighted by atomic mass is 32.2. The fourth-order valence-electron chi connectivity index (χ4n) is 4.36. The number of benzene rings is 3. The fraction of sp³-hybridized carbons (Fsp3) is 0.200. The minimum absolute atomic E-state index is 0.0842. The second kappa shape index (κ2) is 9.17. The summed E-state index contributed by atoms with van der Waals surface area (Å²) in [5, 5.41) is 11.1. The van der Waals surface area contributed by atoms with E-state index in [9.17, 15) is 23.3 Å². The summed E-state index contributed by atoms with van der Waals surface area (Å²) in [6.45, 7) is 2.26. The van der Waals surface area contributed by atoms with Crippen LogP contribution in [-0.2, 0) is 10.0 Å². The van der Waals surface area contributed by atoms with E-state index in [4.69, 9.17) is 0 Å². The van der Waals surface area contributed by atoms with E-state index in [1.165, 1.54) is 16.4 Å². The van der Waals surface area contributed by atoms with Crippen LogP contribution in [0.15, 0.2) is 78.0 Å². The second-order valence-corrected chi connectivity index (χ2v) is 10.5. The molecule has 1 aliphatic rings. The number of rotatable bonds is 5. The fourth-order valence-corrected chi connectivity index (χ4v) is 6.03. The van der Waals surface area contributed by atoms with Gasteiger partial charge in [-0.25, -0.2) is 13.4 Å². The third-order valence-corrected chi connectivity index (χ3v) is 8.41. The van der Waals surface area contributed by atoms with E-state index >= 15 is 0 Å². The van der Waals surface area contributed by atoms with Gasteiger partial charge in [0.1, 0.15) is 6.33 Å². The predicted octanol–water partition coefficient (Wildman–Crippen LogP) is 3.39. The van der Waals surface area contributed by atoms with Crippen molar-refractivity contribution in [2.24, 2.45) is 0 Å². The molecule has 1 fully saturated rings. The topological polar surface area (TPSA) is 119 Å². The summed E-state index contributed by atoms with van der Waals surface area (Å²) < 4.78 is 29.6. The number of imidazole rings is 1. The van der Waals surface area contributed by atoms with Gasteiger partial charge in [-0.15, -0.1) is 0 Å². The number of carbonyl (C=O) groups is 1. The molecule has 184 valence electrons. The molecule has 10 nitrogen and oxygen atoms in total. The zero-order valence-corrected chi connectivity index (χ0v) is 20.3. The highest BCUT2D eigenvalue weighted by Crippen LogP contribution is 2.26. The van der Waals surface area contributed by atoms with Crippen molar-refractivity contribution in [3.05, 3.63) is 94.3 Å². The van der Waals surface area contributed by atoms with Crippen LogP contribution >= 0.6 is 0 Å². The molecule has 0 atom stereocenters. The molecule has 0 spiro atoms. The lowest BCUT2D eigenvalue weighted by Crippen LogP contribution is -2.50. The lowest BCUT2D eigenvalue weighted by Gasteiger charge is -2.34. The molecule has 0 aliphatic carbocycles. The number of carbonyl (C=O) groups excluding carboxylic acids is 1. The van der Waals surface area contributed by atoms with Crippen LogP contribution in [0.2, 0.25) is 0 Å². The molecular formula is C25H23N5O5S. The SMILES string of the molecule is Cc1ccc([N+](=O)[O-])cc1S(=O)(=O)N1CCN(C(=O)c2ccc(-n3cnc4ccccc43)cc2)CC1. The Morgan fingerprint density at radius 2 is 1.67 bits per heavy atom. The number of aryl methyl sites for hydroxylation is 1. The molecule has 4 aromatic rings. The van der Waals surface area contributed by atoms with E-state index in [2.05, 4.69) is 4.98 Å². The maximum Gasteiger partial charge on any atom is 0.270 e. The Labute approximate surface area is 207 Å². The largest absolute Gasteiger partial charge is 0.336 e. The third kappa shape index (κ3) is 4.23. The van der Waals surface area contributed by atoms with Gasteiger partial charge < -0.3 is 4.90 Å². The molecule has 3 aromatic carbocycles. The number of fused-ring (bicyclic) bond motifs is 1. The van der Waals surface area contributed by atoms with E-state index in [0.29, 0.717) is 11.1 Å². The zero-order valence-electron chi connectivity index (χ0n) is 19.4. The summed E-state index contributed by atoms with van der Waals surface area (Å²) in [5.74, 6) is -0.180. The number of nitrogens with zero attached hydrogens (tertiary/aromatic N) is 5. The van der Waals surface area contributed by atoms with Crippen LogP contribution in [0.25, 0.3) is 16.7 Å². The molecule has 1 aromatic heterocycles. The van der Waals surface area contributed by atoms with Gasteiger partial charge in [0.2, 0.25) is 10.0 Å². The van der Waals surface area contributed by atoms with E-state index < -0.39 is 14.9 Å². The summed E-state index contributed by atoms with van der Waals surface area (Å²) in [6, 6.07) is 18.8. The molecule has 11 heteroatoms. The van der Waals surface area contributed by atoms with Crippen LogP contribution in [0.5, 0.6) is 0 Å². The summed E-state index contributed by atoms with van der Waals surface area (Å²) in [7, 11) is -3.93. The average Bonchev–Trinajstić information content (AvgIpc) is 3.33. The molecule has 0 radical (unpaired) electrons. The first kappa shape index (κ1) is 23.6. The van der Waals surface area contributed by atoms with Crippen molar-refractivity contribution < 1.29 is 18.1 Å². The van der Waals surface area contributed by atoms with Crippen molar-refractivity contribution in [2.45, 2.75) is 11.8 Å². The lowest BCUT2D eigenvalue weighted by molar-refractivity contribution is -0.385. The van der Waals surface area contributed by atoms with Gasteiger partial charge >= 0.3 is 0 Å². The molecule has 0 bridgehead atoms. The number of nitro benzene ring substituents is 1. The van der Waals surface area contributed by atoms with Crippen molar-refractivity contribution in [3.63, 3.8) is 0 Å². The first-order valence-corrected chi connectivity index (χ1v) is 12.8. The molecule has 1 amide bonds. The van der Waals surface area contributed by atoms with Crippen molar-refractivity contribution in [2.75, 3.05) is 26.2 Å². The third-order valence-electron chi connectivity index (χ3n) is 6.37. The van der Waals surface area contributed by atoms with Crippen molar-refractivity contribution in [1.29, 1.82) is 0 Å². The lowest BCUT2D eigenvalue weighted by atomic mass is 10.1. The number of para-hydroxylation sites is 2. The number of hydrogen-bond donors (Lipinski definition) is 0. The Kier molecular flexibility index (Phi) is 6.02. The van der Waals surface area contributed by atoms with Gasteiger partial charge in [0.05, 0.1) is 20.9 Å². The van der Waals surface area contributed by atoms with Crippen molar-refractivity contribution in [3.8, 4) is 5.69 Å². The van der Waals surface area contributed by atoms with Gasteiger partial charge in [-0.2, -0.15) is 4.31 Å². The highest BCUT2D eigenvalue weighted by molar-refractivity contribution is 7.89. The van der Waals surface area contributed by atoms with Crippen molar-refractivity contribution in [1.82, 2.24) is 18.8 Å². The molecule has 0 saturated carbocycles. The number of non-ortho nitro benzene ring substituents is 1. The number of aromatic nitrogens is 2. The summed E-state index contributed by atoms with van der Waals surface area (Å²) in [4.78, 5) is 29.5. The van der Waals surface area contributed by atoms with Gasteiger partial charge in [-0.3, -0.25) is 19.5 Å². The Hall–Kier alpha value is -4.09. The van der Waals surface area contributed by atoms with Crippen LogP contribution < -0.4 is 0 Å². The number of nitro groups is 1. The highest BCUT2D eigenvalue weighted by Gasteiger charge is 2.32. The Bertz CT molecular complexity index is 1570. The van der Waals surface area contributed by atoms with E-state index in [-0.39, 0.29) is 42.7 Å². The monoisotopic (exact) mass is 505 g/mol. The van der Waals surface area contributed by atoms with Gasteiger partial charge in [0, 0.05) is 49.6 Å². The van der Waals surface area contributed by atoms with Gasteiger partial charge in [-0.05, 0) is 48.9 Å². The van der Waals surface area contributed by atoms with E-state index in [0.717, 1.165) is 22.8 Å². The molecular weight excluding hydrogens is 482 g/mol. The normalized spacial score (nSPS) is 14.8. The zero-order chi connectivity index (χ0) is 25.4. The first-order valence-electron chi connectivity index (χ1n) is 11.3. The predicted molar refractivity (Wildman–Crippen MR) is 134 cm³/mol. The van der Waals surface area contributed by atoms with Crippen LogP contribution in [0.1, 0.15) is 15.9 Å². The minimum atomic E-state index is -3.93. The average molecular weight is 506 g/mol. The Balaban J connectivity index is 1.28. The number of piperazine rings is 1. The molecule has 2 heterocycles. The maximum absolute atomic E-state index is 13.2. The van der Waals surface area contributed by atoms with Gasteiger partial charge in [0.25, 0.3) is 11.6 Å². The number of hydrogen-bond acceptors (Lipinski definition) is 6. The standard InChI is InChI=1S/C25H23N5O5S/c1-18-6-9-21(30(32)33)16-24(18)36(34,35)28-14-12-27(13-15-28)25(31)19-7-10-20(11-8-19)29-17-26-22-4-2-3-5-23(22)29/h2-11,16-17H,12-15H2,1H3. The van der Waals surface area contributed by atoms with Crippen LogP contribution in [-0.4, -0.2) is 64.2 Å². The smallest absolute Gasteiger partial charge is 0.270 e. The maximum atomic E-state index is 13.2. The van der Waals surface area contributed by atoms with Crippen LogP contribution in [0, 0.1) is 17.0 Å². The van der Waals surface area contributed by atoms with Crippen LogP contribution in [0.3, 0.4) is 0 Å². The van der Waals surface area contributed by atoms with Gasteiger partial charge in [-0.1, -0.05) is 18.2 Å². The van der Waals surface area contributed by atoms with Crippen molar-refractivity contribution >= 4 is 32.7 Å². The summed E-state index contributed by atoms with van der Waals surface area (Å²) in [6.07, 6.45) is 1.74. The first-order chi connectivity index (χ1) is 17.3. The van der Waals surface area contributed by atoms with E-state index in [1.54, 1.807) is 30.3 Å². The van der Waals surface area contributed by atoms with Crippen LogP contribution in [0.4, 0.5) is 5.69 Å². The molecule has 36 heavy (non-hydrogen) atoms.